The summed E-state index contributed by atoms with van der Waals surface area (Å²) in [6.07, 6.45) is 10.8. The van der Waals surface area contributed by atoms with Crippen molar-refractivity contribution < 1.29 is 0 Å². The highest BCUT2D eigenvalue weighted by Gasteiger charge is 2.38. The summed E-state index contributed by atoms with van der Waals surface area (Å²) in [5.41, 5.74) is 1.32. The average molecular weight is 234 g/mol. The van der Waals surface area contributed by atoms with E-state index in [1.165, 1.54) is 37.8 Å². The molecule has 0 amide bonds. The van der Waals surface area contributed by atoms with Crippen molar-refractivity contribution in [3.63, 3.8) is 0 Å². The Morgan fingerprint density at radius 3 is 2.53 bits per heavy atom. The Morgan fingerprint density at radius 2 is 2.00 bits per heavy atom. The van der Waals surface area contributed by atoms with Gasteiger partial charge in [0, 0.05) is 31.4 Å². The molecule has 2 aliphatic rings. The van der Waals surface area contributed by atoms with E-state index in [4.69, 9.17) is 0 Å². The van der Waals surface area contributed by atoms with Crippen LogP contribution in [-0.2, 0) is 7.05 Å². The maximum atomic E-state index is 4.32. The zero-order valence-corrected chi connectivity index (χ0v) is 10.8. The van der Waals surface area contributed by atoms with Gasteiger partial charge in [0.05, 0.1) is 11.9 Å². The standard InChI is InChI=1S/C13H22N4/c1-14-10-6-11-4-3-5-12(7-10)17(11)13-8-15-16(2)9-13/h8-12,14H,3-7H2,1-2H3. The molecule has 0 aliphatic carbocycles. The van der Waals surface area contributed by atoms with E-state index < -0.39 is 0 Å². The summed E-state index contributed by atoms with van der Waals surface area (Å²) in [5, 5.41) is 7.78. The fourth-order valence-electron chi connectivity index (χ4n) is 3.58. The summed E-state index contributed by atoms with van der Waals surface area (Å²) in [5.74, 6) is 0. The molecule has 1 N–H and O–H groups in total. The Morgan fingerprint density at radius 1 is 1.29 bits per heavy atom. The molecule has 17 heavy (non-hydrogen) atoms. The predicted octanol–water partition coefficient (Wildman–Crippen LogP) is 1.53. The fraction of sp³-hybridized carbons (Fsp3) is 0.769. The second kappa shape index (κ2) is 4.33. The molecule has 4 nitrogen and oxygen atoms in total. The predicted molar refractivity (Wildman–Crippen MR) is 69.2 cm³/mol. The van der Waals surface area contributed by atoms with Crippen LogP contribution in [0.25, 0.3) is 0 Å². The van der Waals surface area contributed by atoms with Crippen LogP contribution in [0.5, 0.6) is 0 Å². The summed E-state index contributed by atoms with van der Waals surface area (Å²) in [6, 6.07) is 2.13. The Labute approximate surface area is 103 Å². The van der Waals surface area contributed by atoms with Crippen molar-refractivity contribution in [2.75, 3.05) is 11.9 Å². The molecule has 0 radical (unpaired) electrons. The van der Waals surface area contributed by atoms with Gasteiger partial charge in [-0.3, -0.25) is 4.68 Å². The molecule has 3 heterocycles. The van der Waals surface area contributed by atoms with Gasteiger partial charge in [0.15, 0.2) is 0 Å². The molecule has 2 bridgehead atoms. The van der Waals surface area contributed by atoms with Crippen LogP contribution in [0.4, 0.5) is 5.69 Å². The summed E-state index contributed by atoms with van der Waals surface area (Å²) in [4.78, 5) is 2.63. The summed E-state index contributed by atoms with van der Waals surface area (Å²) in [6.45, 7) is 0. The van der Waals surface area contributed by atoms with Gasteiger partial charge in [-0.1, -0.05) is 0 Å². The number of piperidine rings is 2. The van der Waals surface area contributed by atoms with Crippen LogP contribution in [0.3, 0.4) is 0 Å². The van der Waals surface area contributed by atoms with E-state index in [0.29, 0.717) is 18.1 Å². The second-order valence-corrected chi connectivity index (χ2v) is 5.48. The molecule has 94 valence electrons. The summed E-state index contributed by atoms with van der Waals surface area (Å²) < 4.78 is 1.91. The molecule has 2 fully saturated rings. The zero-order valence-electron chi connectivity index (χ0n) is 10.8. The van der Waals surface area contributed by atoms with Crippen LogP contribution in [0.2, 0.25) is 0 Å². The Balaban J connectivity index is 1.85. The van der Waals surface area contributed by atoms with Gasteiger partial charge in [0.2, 0.25) is 0 Å². The first-order chi connectivity index (χ1) is 8.28. The number of aromatic nitrogens is 2. The van der Waals surface area contributed by atoms with Gasteiger partial charge in [-0.15, -0.1) is 0 Å². The smallest absolute Gasteiger partial charge is 0.0757 e. The van der Waals surface area contributed by atoms with Crippen LogP contribution < -0.4 is 10.2 Å². The number of nitrogens with zero attached hydrogens (tertiary/aromatic N) is 3. The van der Waals surface area contributed by atoms with Gasteiger partial charge >= 0.3 is 0 Å². The lowest BCUT2D eigenvalue weighted by atomic mass is 9.81. The third-order valence-corrected chi connectivity index (χ3v) is 4.37. The lowest BCUT2D eigenvalue weighted by Gasteiger charge is -2.49. The van der Waals surface area contributed by atoms with Gasteiger partial charge in [-0.2, -0.15) is 5.10 Å². The lowest BCUT2D eigenvalue weighted by Crippen LogP contribution is -2.56. The molecule has 2 aliphatic heterocycles. The molecule has 4 heteroatoms. The maximum absolute atomic E-state index is 4.32. The summed E-state index contributed by atoms with van der Waals surface area (Å²) >= 11 is 0. The van der Waals surface area contributed by atoms with E-state index in [-0.39, 0.29) is 0 Å². The van der Waals surface area contributed by atoms with E-state index >= 15 is 0 Å². The molecule has 2 atom stereocenters. The van der Waals surface area contributed by atoms with Gasteiger partial charge in [-0.05, 0) is 39.2 Å². The van der Waals surface area contributed by atoms with Crippen molar-refractivity contribution in [2.45, 2.75) is 50.2 Å². The Hall–Kier alpha value is -1.03. The number of fused-ring (bicyclic) bond motifs is 2. The van der Waals surface area contributed by atoms with Crippen LogP contribution in [0.15, 0.2) is 12.4 Å². The number of hydrogen-bond donors (Lipinski definition) is 1. The molecule has 0 saturated carbocycles. The van der Waals surface area contributed by atoms with Crippen LogP contribution in [0.1, 0.15) is 32.1 Å². The number of anilines is 1. The largest absolute Gasteiger partial charge is 0.363 e. The van der Waals surface area contributed by atoms with Gasteiger partial charge < -0.3 is 10.2 Å². The molecular formula is C13H22N4. The average Bonchev–Trinajstić information content (AvgIpc) is 2.74. The quantitative estimate of drug-likeness (QED) is 0.842. The van der Waals surface area contributed by atoms with E-state index in [0.717, 1.165) is 0 Å². The van der Waals surface area contributed by atoms with Crippen molar-refractivity contribution in [3.8, 4) is 0 Å². The molecule has 0 spiro atoms. The molecular weight excluding hydrogens is 212 g/mol. The SMILES string of the molecule is CNC1CC2CCCC(C1)N2c1cnn(C)c1. The van der Waals surface area contributed by atoms with E-state index in [1.54, 1.807) is 0 Å². The fourth-order valence-corrected chi connectivity index (χ4v) is 3.58. The van der Waals surface area contributed by atoms with Crippen molar-refractivity contribution >= 4 is 5.69 Å². The third-order valence-electron chi connectivity index (χ3n) is 4.37. The molecule has 2 unspecified atom stereocenters. The third kappa shape index (κ3) is 1.95. The highest BCUT2D eigenvalue weighted by molar-refractivity contribution is 5.46. The number of rotatable bonds is 2. The monoisotopic (exact) mass is 234 g/mol. The first kappa shape index (κ1) is 11.1. The van der Waals surface area contributed by atoms with Crippen molar-refractivity contribution in [3.05, 3.63) is 12.4 Å². The van der Waals surface area contributed by atoms with Crippen LogP contribution >= 0.6 is 0 Å². The van der Waals surface area contributed by atoms with Crippen molar-refractivity contribution in [1.82, 2.24) is 15.1 Å². The molecule has 3 rings (SSSR count). The minimum Gasteiger partial charge on any atom is -0.363 e. The van der Waals surface area contributed by atoms with Crippen LogP contribution in [0, 0.1) is 0 Å². The van der Waals surface area contributed by atoms with Crippen LogP contribution in [-0.4, -0.2) is 35.0 Å². The van der Waals surface area contributed by atoms with E-state index in [9.17, 15) is 0 Å². The second-order valence-electron chi connectivity index (χ2n) is 5.48. The highest BCUT2D eigenvalue weighted by atomic mass is 15.3. The molecule has 1 aromatic heterocycles. The van der Waals surface area contributed by atoms with Crippen molar-refractivity contribution in [1.29, 1.82) is 0 Å². The highest BCUT2D eigenvalue weighted by Crippen LogP contribution is 2.37. The lowest BCUT2D eigenvalue weighted by molar-refractivity contribution is 0.252. The maximum Gasteiger partial charge on any atom is 0.0757 e. The number of hydrogen-bond acceptors (Lipinski definition) is 3. The molecule has 2 saturated heterocycles. The van der Waals surface area contributed by atoms with Gasteiger partial charge in [0.25, 0.3) is 0 Å². The Kier molecular flexibility index (Phi) is 2.82. The van der Waals surface area contributed by atoms with E-state index in [1.807, 2.05) is 17.9 Å². The normalized spacial score (nSPS) is 32.8. The first-order valence-electron chi connectivity index (χ1n) is 6.72. The minimum absolute atomic E-state index is 0.707. The molecule has 1 aromatic rings. The van der Waals surface area contributed by atoms with E-state index in [2.05, 4.69) is 28.6 Å². The van der Waals surface area contributed by atoms with Gasteiger partial charge in [-0.25, -0.2) is 0 Å². The minimum atomic E-state index is 0.707. The summed E-state index contributed by atoms with van der Waals surface area (Å²) in [7, 11) is 4.10. The topological polar surface area (TPSA) is 33.1 Å². The van der Waals surface area contributed by atoms with Crippen molar-refractivity contribution in [2.24, 2.45) is 7.05 Å². The zero-order chi connectivity index (χ0) is 11.8. The van der Waals surface area contributed by atoms with Gasteiger partial charge in [0.1, 0.15) is 0 Å². The first-order valence-corrected chi connectivity index (χ1v) is 6.72. The number of aryl methyl sites for hydroxylation is 1. The Bertz CT molecular complexity index is 373. The molecule has 0 aromatic carbocycles. The number of nitrogens with one attached hydrogen (secondary N) is 1.